The molecule has 0 radical (unpaired) electrons. The number of hydrogen-bond donors (Lipinski definition) is 2. The molecule has 0 aromatic heterocycles. The SMILES string of the molecule is Cl.O=C(CC1CNCCO1)NCc1ccccc1F. The molecule has 0 spiro atoms. The number of nitrogens with one attached hydrogen (secondary N) is 2. The lowest BCUT2D eigenvalue weighted by Gasteiger charge is -2.23. The van der Waals surface area contributed by atoms with E-state index in [1.165, 1.54) is 6.07 Å². The van der Waals surface area contributed by atoms with Crippen molar-refractivity contribution in [2.75, 3.05) is 19.7 Å². The fourth-order valence-corrected chi connectivity index (χ4v) is 1.87. The highest BCUT2D eigenvalue weighted by Crippen LogP contribution is 2.06. The van der Waals surface area contributed by atoms with E-state index in [1.807, 2.05) is 0 Å². The van der Waals surface area contributed by atoms with Crippen LogP contribution in [-0.2, 0) is 16.1 Å². The van der Waals surface area contributed by atoms with Crippen molar-refractivity contribution in [1.82, 2.24) is 10.6 Å². The minimum absolute atomic E-state index is 0. The van der Waals surface area contributed by atoms with E-state index in [-0.39, 0.29) is 36.8 Å². The number of halogens is 2. The third-order valence-electron chi connectivity index (χ3n) is 2.85. The largest absolute Gasteiger partial charge is 0.375 e. The van der Waals surface area contributed by atoms with Crippen LogP contribution in [0.3, 0.4) is 0 Å². The second-order valence-electron chi connectivity index (χ2n) is 4.27. The van der Waals surface area contributed by atoms with Gasteiger partial charge in [-0.2, -0.15) is 0 Å². The molecule has 1 aromatic rings. The maximum absolute atomic E-state index is 13.3. The van der Waals surface area contributed by atoms with Crippen molar-refractivity contribution in [3.8, 4) is 0 Å². The molecule has 4 nitrogen and oxygen atoms in total. The Morgan fingerprint density at radius 2 is 2.26 bits per heavy atom. The molecule has 1 aromatic carbocycles. The van der Waals surface area contributed by atoms with E-state index in [9.17, 15) is 9.18 Å². The van der Waals surface area contributed by atoms with Gasteiger partial charge in [0.05, 0.1) is 19.1 Å². The van der Waals surface area contributed by atoms with Crippen LogP contribution in [0.1, 0.15) is 12.0 Å². The predicted molar refractivity (Wildman–Crippen MR) is 72.7 cm³/mol. The molecule has 1 aliphatic heterocycles. The van der Waals surface area contributed by atoms with Crippen LogP contribution in [0.5, 0.6) is 0 Å². The van der Waals surface area contributed by atoms with Gasteiger partial charge in [0, 0.05) is 25.2 Å². The molecule has 1 fully saturated rings. The summed E-state index contributed by atoms with van der Waals surface area (Å²) >= 11 is 0. The van der Waals surface area contributed by atoms with Gasteiger partial charge in [-0.15, -0.1) is 12.4 Å². The average Bonchev–Trinajstić information content (AvgIpc) is 2.39. The van der Waals surface area contributed by atoms with Gasteiger partial charge in [-0.1, -0.05) is 18.2 Å². The van der Waals surface area contributed by atoms with Gasteiger partial charge in [0.2, 0.25) is 5.91 Å². The summed E-state index contributed by atoms with van der Waals surface area (Å²) in [6.07, 6.45) is 0.223. The molecule has 1 atom stereocenters. The molecular weight excluding hydrogens is 271 g/mol. The summed E-state index contributed by atoms with van der Waals surface area (Å²) in [6, 6.07) is 6.42. The van der Waals surface area contributed by atoms with E-state index in [1.54, 1.807) is 18.2 Å². The monoisotopic (exact) mass is 288 g/mol. The molecule has 2 rings (SSSR count). The first-order chi connectivity index (χ1) is 8.75. The summed E-state index contributed by atoms with van der Waals surface area (Å²) in [4.78, 5) is 11.7. The highest BCUT2D eigenvalue weighted by molar-refractivity contribution is 5.85. The standard InChI is InChI=1S/C13H17FN2O2.ClH/c14-12-4-2-1-3-10(12)8-16-13(17)7-11-9-15-5-6-18-11;/h1-4,11,15H,5-9H2,(H,16,17);1H. The van der Waals surface area contributed by atoms with Gasteiger partial charge in [-0.3, -0.25) is 4.79 Å². The van der Waals surface area contributed by atoms with Crippen LogP contribution >= 0.6 is 12.4 Å². The molecular formula is C13H18ClFN2O2. The van der Waals surface area contributed by atoms with Gasteiger partial charge in [0.1, 0.15) is 5.82 Å². The summed E-state index contributed by atoms with van der Waals surface area (Å²) in [5.74, 6) is -0.416. The van der Waals surface area contributed by atoms with Crippen LogP contribution in [0.4, 0.5) is 4.39 Å². The maximum Gasteiger partial charge on any atom is 0.222 e. The first-order valence-electron chi connectivity index (χ1n) is 6.08. The zero-order valence-corrected chi connectivity index (χ0v) is 11.3. The van der Waals surface area contributed by atoms with E-state index in [0.717, 1.165) is 6.54 Å². The topological polar surface area (TPSA) is 50.4 Å². The first kappa shape index (κ1) is 15.9. The number of rotatable bonds is 4. The van der Waals surface area contributed by atoms with Crippen molar-refractivity contribution < 1.29 is 13.9 Å². The van der Waals surface area contributed by atoms with Gasteiger partial charge in [-0.25, -0.2) is 4.39 Å². The van der Waals surface area contributed by atoms with Crippen LogP contribution in [0.15, 0.2) is 24.3 Å². The number of morpholine rings is 1. The molecule has 6 heteroatoms. The van der Waals surface area contributed by atoms with Crippen LogP contribution < -0.4 is 10.6 Å². The fraction of sp³-hybridized carbons (Fsp3) is 0.462. The van der Waals surface area contributed by atoms with Crippen LogP contribution in [0, 0.1) is 5.82 Å². The van der Waals surface area contributed by atoms with Gasteiger partial charge >= 0.3 is 0 Å². The zero-order chi connectivity index (χ0) is 12.8. The molecule has 1 amide bonds. The second-order valence-corrected chi connectivity index (χ2v) is 4.27. The quantitative estimate of drug-likeness (QED) is 0.876. The lowest BCUT2D eigenvalue weighted by atomic mass is 10.2. The molecule has 1 aliphatic rings. The third-order valence-corrected chi connectivity index (χ3v) is 2.85. The average molecular weight is 289 g/mol. The number of amides is 1. The summed E-state index contributed by atoms with van der Waals surface area (Å²) in [7, 11) is 0. The van der Waals surface area contributed by atoms with E-state index >= 15 is 0 Å². The Morgan fingerprint density at radius 1 is 1.47 bits per heavy atom. The highest BCUT2D eigenvalue weighted by atomic mass is 35.5. The molecule has 1 unspecified atom stereocenters. The molecule has 1 heterocycles. The molecule has 2 N–H and O–H groups in total. The van der Waals surface area contributed by atoms with Crippen LogP contribution in [-0.4, -0.2) is 31.7 Å². The lowest BCUT2D eigenvalue weighted by Crippen LogP contribution is -2.41. The first-order valence-corrected chi connectivity index (χ1v) is 6.08. The highest BCUT2D eigenvalue weighted by Gasteiger charge is 2.17. The van der Waals surface area contributed by atoms with Crippen molar-refractivity contribution in [1.29, 1.82) is 0 Å². The van der Waals surface area contributed by atoms with E-state index in [0.29, 0.717) is 25.1 Å². The Balaban J connectivity index is 0.00000180. The van der Waals surface area contributed by atoms with Gasteiger partial charge in [0.15, 0.2) is 0 Å². The second kappa shape index (κ2) is 8.09. The van der Waals surface area contributed by atoms with Crippen molar-refractivity contribution in [2.45, 2.75) is 19.1 Å². The number of ether oxygens (including phenoxy) is 1. The summed E-state index contributed by atoms with van der Waals surface area (Å²) < 4.78 is 18.7. The molecule has 19 heavy (non-hydrogen) atoms. The molecule has 0 aliphatic carbocycles. The van der Waals surface area contributed by atoms with Crippen molar-refractivity contribution in [3.63, 3.8) is 0 Å². The Kier molecular flexibility index (Phi) is 6.77. The normalized spacial score (nSPS) is 18.5. The number of carbonyl (C=O) groups excluding carboxylic acids is 1. The minimum Gasteiger partial charge on any atom is -0.375 e. The zero-order valence-electron chi connectivity index (χ0n) is 10.5. The van der Waals surface area contributed by atoms with Gasteiger partial charge in [0.25, 0.3) is 0 Å². The number of hydrogen-bond acceptors (Lipinski definition) is 3. The number of carbonyl (C=O) groups is 1. The Labute approximate surface area is 118 Å². The van der Waals surface area contributed by atoms with E-state index in [4.69, 9.17) is 4.74 Å². The van der Waals surface area contributed by atoms with E-state index in [2.05, 4.69) is 10.6 Å². The van der Waals surface area contributed by atoms with Crippen molar-refractivity contribution >= 4 is 18.3 Å². The lowest BCUT2D eigenvalue weighted by molar-refractivity contribution is -0.124. The van der Waals surface area contributed by atoms with Crippen LogP contribution in [0.25, 0.3) is 0 Å². The summed E-state index contributed by atoms with van der Waals surface area (Å²) in [5.41, 5.74) is 0.494. The summed E-state index contributed by atoms with van der Waals surface area (Å²) in [6.45, 7) is 2.36. The van der Waals surface area contributed by atoms with E-state index < -0.39 is 0 Å². The predicted octanol–water partition coefficient (Wildman–Crippen LogP) is 1.24. The fourth-order valence-electron chi connectivity index (χ4n) is 1.87. The van der Waals surface area contributed by atoms with Gasteiger partial charge in [-0.05, 0) is 6.07 Å². The molecule has 0 saturated carbocycles. The van der Waals surface area contributed by atoms with Crippen molar-refractivity contribution in [3.05, 3.63) is 35.6 Å². The Bertz CT molecular complexity index is 411. The Morgan fingerprint density at radius 3 is 2.95 bits per heavy atom. The summed E-state index contributed by atoms with van der Waals surface area (Å²) in [5, 5.41) is 5.86. The molecule has 1 saturated heterocycles. The van der Waals surface area contributed by atoms with Gasteiger partial charge < -0.3 is 15.4 Å². The maximum atomic E-state index is 13.3. The molecule has 106 valence electrons. The Hall–Kier alpha value is -1.17. The number of benzene rings is 1. The third kappa shape index (κ3) is 5.14. The molecule has 0 bridgehead atoms. The van der Waals surface area contributed by atoms with Crippen molar-refractivity contribution in [2.24, 2.45) is 0 Å². The van der Waals surface area contributed by atoms with Crippen LogP contribution in [0.2, 0.25) is 0 Å². The smallest absolute Gasteiger partial charge is 0.222 e. The minimum atomic E-state index is -0.298.